The third-order valence-electron chi connectivity index (χ3n) is 3.17. The van der Waals surface area contributed by atoms with Crippen LogP contribution in [0.15, 0.2) is 18.2 Å². The fraction of sp³-hybridized carbons (Fsp3) is 0.417. The highest BCUT2D eigenvalue weighted by Crippen LogP contribution is 2.30. The molecule has 1 aliphatic heterocycles. The second-order valence-corrected chi connectivity index (χ2v) is 4.74. The molecule has 1 heterocycles. The van der Waals surface area contributed by atoms with Gasteiger partial charge in [0, 0.05) is 18.1 Å². The monoisotopic (exact) mass is 254 g/mol. The lowest BCUT2D eigenvalue weighted by Crippen LogP contribution is -2.36. The van der Waals surface area contributed by atoms with Crippen LogP contribution in [0.3, 0.4) is 0 Å². The first-order valence-corrected chi connectivity index (χ1v) is 5.98. The van der Waals surface area contributed by atoms with Gasteiger partial charge in [0.15, 0.2) is 0 Å². The van der Waals surface area contributed by atoms with Crippen LogP contribution in [0.5, 0.6) is 0 Å². The third-order valence-corrected chi connectivity index (χ3v) is 3.41. The van der Waals surface area contributed by atoms with Gasteiger partial charge in [0.1, 0.15) is 0 Å². The molecule has 1 aromatic carbocycles. The first-order valence-electron chi connectivity index (χ1n) is 5.60. The molecule has 4 nitrogen and oxygen atoms in total. The van der Waals surface area contributed by atoms with Gasteiger partial charge in [-0.3, -0.25) is 4.79 Å². The highest BCUT2D eigenvalue weighted by molar-refractivity contribution is 6.31. The number of halogens is 1. The van der Waals surface area contributed by atoms with Crippen LogP contribution >= 0.6 is 11.6 Å². The molecular formula is C12H15ClN2O2. The number of carboxylic acids is 1. The number of hydrogen-bond acceptors (Lipinski definition) is 3. The largest absolute Gasteiger partial charge is 0.481 e. The molecule has 2 rings (SSSR count). The molecule has 0 unspecified atom stereocenters. The number of benzene rings is 1. The Kier molecular flexibility index (Phi) is 3.43. The van der Waals surface area contributed by atoms with Gasteiger partial charge in [-0.15, -0.1) is 0 Å². The molecule has 17 heavy (non-hydrogen) atoms. The van der Waals surface area contributed by atoms with Gasteiger partial charge in [-0.1, -0.05) is 11.6 Å². The normalized spacial score (nSPS) is 17.1. The smallest absolute Gasteiger partial charge is 0.306 e. The van der Waals surface area contributed by atoms with Gasteiger partial charge in [0.05, 0.1) is 17.3 Å². The summed E-state index contributed by atoms with van der Waals surface area (Å²) in [5.74, 6) is -0.923. The van der Waals surface area contributed by atoms with Crippen molar-refractivity contribution in [3.05, 3.63) is 23.2 Å². The van der Waals surface area contributed by atoms with Crippen LogP contribution in [0.1, 0.15) is 12.8 Å². The Morgan fingerprint density at radius 2 is 2.06 bits per heavy atom. The maximum atomic E-state index is 10.8. The number of aliphatic carboxylic acids is 1. The van der Waals surface area contributed by atoms with E-state index in [0.29, 0.717) is 23.6 Å². The fourth-order valence-corrected chi connectivity index (χ4v) is 2.36. The molecule has 0 aliphatic carbocycles. The van der Waals surface area contributed by atoms with E-state index in [-0.39, 0.29) is 5.92 Å². The van der Waals surface area contributed by atoms with Crippen molar-refractivity contribution in [3.8, 4) is 0 Å². The number of nitrogens with two attached hydrogens (primary N) is 1. The summed E-state index contributed by atoms with van der Waals surface area (Å²) < 4.78 is 0. The molecule has 5 heteroatoms. The first kappa shape index (κ1) is 12.0. The van der Waals surface area contributed by atoms with Crippen molar-refractivity contribution in [3.63, 3.8) is 0 Å². The minimum Gasteiger partial charge on any atom is -0.481 e. The molecule has 1 aliphatic rings. The van der Waals surface area contributed by atoms with Crippen LogP contribution < -0.4 is 10.6 Å². The summed E-state index contributed by atoms with van der Waals surface area (Å²) in [4.78, 5) is 13.0. The summed E-state index contributed by atoms with van der Waals surface area (Å²) in [5.41, 5.74) is 7.49. The van der Waals surface area contributed by atoms with Crippen LogP contribution in [0.2, 0.25) is 5.02 Å². The van der Waals surface area contributed by atoms with Gasteiger partial charge in [0.2, 0.25) is 0 Å². The number of rotatable bonds is 2. The highest BCUT2D eigenvalue weighted by Gasteiger charge is 2.25. The third kappa shape index (κ3) is 2.64. The van der Waals surface area contributed by atoms with Gasteiger partial charge >= 0.3 is 5.97 Å². The maximum absolute atomic E-state index is 10.8. The molecular weight excluding hydrogens is 240 g/mol. The van der Waals surface area contributed by atoms with Crippen molar-refractivity contribution in [1.82, 2.24) is 0 Å². The molecule has 1 aromatic rings. The van der Waals surface area contributed by atoms with E-state index >= 15 is 0 Å². The van der Waals surface area contributed by atoms with Crippen molar-refractivity contribution in [1.29, 1.82) is 0 Å². The molecule has 1 fully saturated rings. The van der Waals surface area contributed by atoms with Crippen molar-refractivity contribution >= 4 is 28.9 Å². The summed E-state index contributed by atoms with van der Waals surface area (Å²) in [7, 11) is 0. The average Bonchev–Trinajstić information content (AvgIpc) is 2.29. The lowest BCUT2D eigenvalue weighted by Gasteiger charge is -2.32. The van der Waals surface area contributed by atoms with Gasteiger partial charge in [-0.05, 0) is 31.0 Å². The van der Waals surface area contributed by atoms with E-state index in [1.54, 1.807) is 12.1 Å². The minimum atomic E-state index is -0.700. The van der Waals surface area contributed by atoms with Crippen LogP contribution in [0.4, 0.5) is 11.4 Å². The van der Waals surface area contributed by atoms with Crippen molar-refractivity contribution in [2.45, 2.75) is 12.8 Å². The van der Waals surface area contributed by atoms with Crippen molar-refractivity contribution in [2.75, 3.05) is 23.7 Å². The van der Waals surface area contributed by atoms with Crippen LogP contribution in [-0.2, 0) is 4.79 Å². The summed E-state index contributed by atoms with van der Waals surface area (Å²) >= 11 is 5.84. The highest BCUT2D eigenvalue weighted by atomic mass is 35.5. The van der Waals surface area contributed by atoms with Gasteiger partial charge in [-0.2, -0.15) is 0 Å². The summed E-state index contributed by atoms with van der Waals surface area (Å²) in [6.45, 7) is 1.45. The van der Waals surface area contributed by atoms with E-state index in [0.717, 1.165) is 18.8 Å². The Balaban J connectivity index is 2.08. The Morgan fingerprint density at radius 1 is 1.41 bits per heavy atom. The number of carbonyl (C=O) groups is 1. The number of anilines is 2. The molecule has 0 atom stereocenters. The number of carboxylic acid groups (broad SMARTS) is 1. The molecule has 0 spiro atoms. The van der Waals surface area contributed by atoms with Gasteiger partial charge < -0.3 is 15.7 Å². The predicted molar refractivity (Wildman–Crippen MR) is 68.4 cm³/mol. The topological polar surface area (TPSA) is 66.6 Å². The van der Waals surface area contributed by atoms with E-state index in [9.17, 15) is 4.79 Å². The SMILES string of the molecule is Nc1cc(Cl)ccc1N1CCC(C(=O)O)CC1. The molecule has 0 aromatic heterocycles. The molecule has 0 bridgehead atoms. The van der Waals surface area contributed by atoms with Crippen molar-refractivity contribution < 1.29 is 9.90 Å². The fourth-order valence-electron chi connectivity index (χ4n) is 2.18. The van der Waals surface area contributed by atoms with Crippen LogP contribution in [-0.4, -0.2) is 24.2 Å². The van der Waals surface area contributed by atoms with E-state index < -0.39 is 5.97 Å². The Bertz CT molecular complexity index is 429. The zero-order valence-corrected chi connectivity index (χ0v) is 10.2. The number of nitrogen functional groups attached to an aromatic ring is 1. The predicted octanol–water partition coefficient (Wildman–Crippen LogP) is 2.22. The first-order chi connectivity index (χ1) is 8.08. The number of nitrogens with zero attached hydrogens (tertiary/aromatic N) is 1. The Labute approximate surface area is 105 Å². The van der Waals surface area contributed by atoms with Gasteiger partial charge in [-0.25, -0.2) is 0 Å². The van der Waals surface area contributed by atoms with Crippen LogP contribution in [0.25, 0.3) is 0 Å². The quantitative estimate of drug-likeness (QED) is 0.795. The number of piperidine rings is 1. The maximum Gasteiger partial charge on any atom is 0.306 e. The molecule has 0 radical (unpaired) electrons. The van der Waals surface area contributed by atoms with E-state index in [1.165, 1.54) is 0 Å². The van der Waals surface area contributed by atoms with E-state index in [4.69, 9.17) is 22.4 Å². The van der Waals surface area contributed by atoms with E-state index in [2.05, 4.69) is 4.90 Å². The summed E-state index contributed by atoms with van der Waals surface area (Å²) in [6, 6.07) is 5.41. The molecule has 0 amide bonds. The second kappa shape index (κ2) is 4.84. The average molecular weight is 255 g/mol. The van der Waals surface area contributed by atoms with Gasteiger partial charge in [0.25, 0.3) is 0 Å². The zero-order chi connectivity index (χ0) is 12.4. The lowest BCUT2D eigenvalue weighted by molar-refractivity contribution is -0.142. The second-order valence-electron chi connectivity index (χ2n) is 4.30. The zero-order valence-electron chi connectivity index (χ0n) is 9.40. The Morgan fingerprint density at radius 3 is 2.59 bits per heavy atom. The number of hydrogen-bond donors (Lipinski definition) is 2. The molecule has 0 saturated carbocycles. The van der Waals surface area contributed by atoms with Crippen LogP contribution in [0, 0.1) is 5.92 Å². The summed E-state index contributed by atoms with van der Waals surface area (Å²) in [6.07, 6.45) is 1.33. The molecule has 1 saturated heterocycles. The lowest BCUT2D eigenvalue weighted by atomic mass is 9.96. The standard InChI is InChI=1S/C12H15ClN2O2/c13-9-1-2-11(10(14)7-9)15-5-3-8(4-6-15)12(16)17/h1-2,7-8H,3-6,14H2,(H,16,17). The van der Waals surface area contributed by atoms with E-state index in [1.807, 2.05) is 6.07 Å². The van der Waals surface area contributed by atoms with Crippen molar-refractivity contribution in [2.24, 2.45) is 5.92 Å². The summed E-state index contributed by atoms with van der Waals surface area (Å²) in [5, 5.41) is 9.54. The minimum absolute atomic E-state index is 0.222. The Hall–Kier alpha value is -1.42. The molecule has 3 N–H and O–H groups in total. The molecule has 92 valence electrons.